The third kappa shape index (κ3) is 4.10. The van der Waals surface area contributed by atoms with E-state index in [0.717, 1.165) is 0 Å². The minimum absolute atomic E-state index is 0.148. The van der Waals surface area contributed by atoms with Gasteiger partial charge in [-0.1, -0.05) is 13.8 Å². The highest BCUT2D eigenvalue weighted by atomic mass is 16.5. The molecule has 0 bridgehead atoms. The number of hydroxylamine groups is 2. The second kappa shape index (κ2) is 5.71. The molecule has 8 heteroatoms. The molecule has 0 spiro atoms. The summed E-state index contributed by atoms with van der Waals surface area (Å²) in [7, 11) is 0. The van der Waals surface area contributed by atoms with E-state index in [0.29, 0.717) is 0 Å². The molecule has 98 valence electrons. The first-order valence-electron chi connectivity index (χ1n) is 4.96. The number of carboxylic acids is 1. The van der Waals surface area contributed by atoms with Crippen molar-refractivity contribution in [2.75, 3.05) is 0 Å². The molecule has 6 N–H and O–H groups in total. The van der Waals surface area contributed by atoms with Gasteiger partial charge >= 0.3 is 5.97 Å². The molecule has 0 aromatic carbocycles. The fourth-order valence-corrected chi connectivity index (χ4v) is 0.812. The molecule has 1 fully saturated rings. The maximum absolute atomic E-state index is 10.2. The average molecular weight is 247 g/mol. The Morgan fingerprint density at radius 2 is 1.65 bits per heavy atom. The van der Waals surface area contributed by atoms with Crippen molar-refractivity contribution in [2.24, 2.45) is 17.4 Å². The predicted molar refractivity (Wildman–Crippen MR) is 56.5 cm³/mol. The van der Waals surface area contributed by atoms with Gasteiger partial charge in [0.25, 0.3) is 11.8 Å². The third-order valence-electron chi connectivity index (χ3n) is 2.35. The smallest absolute Gasteiger partial charge is 0.338 e. The van der Waals surface area contributed by atoms with Gasteiger partial charge in [-0.15, -0.1) is 0 Å². The van der Waals surface area contributed by atoms with Gasteiger partial charge in [-0.05, 0) is 5.92 Å². The molecule has 1 rings (SSSR count). The molecule has 8 nitrogen and oxygen atoms in total. The van der Waals surface area contributed by atoms with Crippen LogP contribution in [0.3, 0.4) is 0 Å². The minimum atomic E-state index is -1.58. The van der Waals surface area contributed by atoms with Crippen LogP contribution in [-0.4, -0.2) is 38.8 Å². The van der Waals surface area contributed by atoms with Crippen LogP contribution < -0.4 is 11.5 Å². The summed E-state index contributed by atoms with van der Waals surface area (Å²) in [6, 6.07) is 0. The Hall–Kier alpha value is -1.51. The van der Waals surface area contributed by atoms with Gasteiger partial charge in [0.05, 0.1) is 0 Å². The van der Waals surface area contributed by atoms with E-state index < -0.39 is 23.4 Å². The molecule has 2 amide bonds. The van der Waals surface area contributed by atoms with Crippen LogP contribution in [0, 0.1) is 5.92 Å². The fourth-order valence-electron chi connectivity index (χ4n) is 0.812. The van der Waals surface area contributed by atoms with Crippen molar-refractivity contribution in [1.82, 2.24) is 5.06 Å². The lowest BCUT2D eigenvalue weighted by Gasteiger charge is -2.22. The molecule has 0 aromatic rings. The molecular weight excluding hydrogens is 230 g/mol. The molecule has 17 heavy (non-hydrogen) atoms. The van der Waals surface area contributed by atoms with Crippen molar-refractivity contribution < 1.29 is 24.7 Å². The number of imide groups is 1. The number of rotatable bonds is 2. The van der Waals surface area contributed by atoms with Crippen molar-refractivity contribution in [1.29, 1.82) is 0 Å². The zero-order valence-corrected chi connectivity index (χ0v) is 9.71. The Balaban J connectivity index is 0.000000302. The van der Waals surface area contributed by atoms with Gasteiger partial charge in [0.2, 0.25) is 0 Å². The summed E-state index contributed by atoms with van der Waals surface area (Å²) >= 11 is 0. The van der Waals surface area contributed by atoms with E-state index in [2.05, 4.69) is 0 Å². The minimum Gasteiger partial charge on any atom is -0.479 e. The second-order valence-electron chi connectivity index (χ2n) is 3.99. The maximum Gasteiger partial charge on any atom is 0.338 e. The van der Waals surface area contributed by atoms with E-state index in [9.17, 15) is 14.4 Å². The standard InChI is InChI=1S/C5H12N2O2.C4H5NO3/c1-3(2)5(6,7)4(8)9;6-3-1-2-4(7)5(3)8/h3H,6-7H2,1-2H3,(H,8,9);8H,1-2H2. The van der Waals surface area contributed by atoms with Crippen molar-refractivity contribution in [3.63, 3.8) is 0 Å². The Bertz CT molecular complexity index is 311. The number of hydrogen-bond acceptors (Lipinski definition) is 6. The van der Waals surface area contributed by atoms with E-state index in [1.54, 1.807) is 13.8 Å². The summed E-state index contributed by atoms with van der Waals surface area (Å²) in [5.74, 6) is -2.43. The molecule has 0 atom stereocenters. The van der Waals surface area contributed by atoms with Crippen LogP contribution >= 0.6 is 0 Å². The third-order valence-corrected chi connectivity index (χ3v) is 2.35. The highest BCUT2D eigenvalue weighted by Crippen LogP contribution is 2.07. The summed E-state index contributed by atoms with van der Waals surface area (Å²) in [5.41, 5.74) is 8.78. The number of aliphatic carboxylic acids is 1. The first kappa shape index (κ1) is 15.5. The number of amides is 2. The second-order valence-corrected chi connectivity index (χ2v) is 3.99. The Morgan fingerprint density at radius 1 is 1.29 bits per heavy atom. The van der Waals surface area contributed by atoms with Crippen LogP contribution in [-0.2, 0) is 14.4 Å². The predicted octanol–water partition coefficient (Wildman–Crippen LogP) is -1.13. The summed E-state index contributed by atoms with van der Waals surface area (Å²) in [4.78, 5) is 30.7. The Kier molecular flexibility index (Phi) is 5.20. The molecular formula is C9H17N3O5. The number of carbonyl (C=O) groups is 3. The van der Waals surface area contributed by atoms with Crippen LogP contribution in [0.15, 0.2) is 0 Å². The molecule has 1 saturated heterocycles. The van der Waals surface area contributed by atoms with E-state index in [1.807, 2.05) is 0 Å². The van der Waals surface area contributed by atoms with Gasteiger partial charge in [0, 0.05) is 12.8 Å². The van der Waals surface area contributed by atoms with Crippen LogP contribution in [0.5, 0.6) is 0 Å². The van der Waals surface area contributed by atoms with Gasteiger partial charge in [-0.2, -0.15) is 5.06 Å². The highest BCUT2D eigenvalue weighted by molar-refractivity contribution is 6.00. The van der Waals surface area contributed by atoms with Crippen molar-refractivity contribution in [3.8, 4) is 0 Å². The number of hydrogen-bond donors (Lipinski definition) is 4. The van der Waals surface area contributed by atoms with Gasteiger partial charge in [-0.25, -0.2) is 4.79 Å². The van der Waals surface area contributed by atoms with Crippen LogP contribution in [0.25, 0.3) is 0 Å². The van der Waals surface area contributed by atoms with Crippen LogP contribution in [0.4, 0.5) is 0 Å². The van der Waals surface area contributed by atoms with Gasteiger partial charge in [-0.3, -0.25) is 14.8 Å². The van der Waals surface area contributed by atoms with Crippen molar-refractivity contribution >= 4 is 17.8 Å². The number of nitrogens with zero attached hydrogens (tertiary/aromatic N) is 1. The van der Waals surface area contributed by atoms with Gasteiger partial charge in [0.1, 0.15) is 0 Å². The summed E-state index contributed by atoms with van der Waals surface area (Å²) in [6.07, 6.45) is 0.296. The topological polar surface area (TPSA) is 147 Å². The summed E-state index contributed by atoms with van der Waals surface area (Å²) in [6.45, 7) is 3.32. The molecule has 1 heterocycles. The number of carbonyl (C=O) groups excluding carboxylic acids is 2. The molecule has 0 aromatic heterocycles. The Labute approximate surface area is 98.1 Å². The first-order chi connectivity index (χ1) is 7.60. The fraction of sp³-hybridized carbons (Fsp3) is 0.667. The zero-order valence-electron chi connectivity index (χ0n) is 9.71. The van der Waals surface area contributed by atoms with Crippen LogP contribution in [0.1, 0.15) is 26.7 Å². The summed E-state index contributed by atoms with van der Waals surface area (Å²) in [5, 5.41) is 16.9. The molecule has 0 unspecified atom stereocenters. The molecule has 0 radical (unpaired) electrons. The van der Waals surface area contributed by atoms with Crippen molar-refractivity contribution in [2.45, 2.75) is 32.4 Å². The number of nitrogens with two attached hydrogens (primary N) is 2. The first-order valence-corrected chi connectivity index (χ1v) is 4.96. The molecule has 0 saturated carbocycles. The number of carboxylic acid groups (broad SMARTS) is 1. The van der Waals surface area contributed by atoms with E-state index in [-0.39, 0.29) is 23.8 Å². The quantitative estimate of drug-likeness (QED) is 0.274. The van der Waals surface area contributed by atoms with Crippen molar-refractivity contribution in [3.05, 3.63) is 0 Å². The van der Waals surface area contributed by atoms with Gasteiger partial charge < -0.3 is 16.6 Å². The lowest BCUT2D eigenvalue weighted by Crippen LogP contribution is -2.60. The van der Waals surface area contributed by atoms with E-state index in [4.69, 9.17) is 21.8 Å². The normalized spacial score (nSPS) is 16.0. The monoisotopic (exact) mass is 247 g/mol. The molecule has 1 aliphatic heterocycles. The maximum atomic E-state index is 10.2. The zero-order chi connectivity index (χ0) is 13.8. The van der Waals surface area contributed by atoms with E-state index in [1.165, 1.54) is 0 Å². The van der Waals surface area contributed by atoms with Gasteiger partial charge in [0.15, 0.2) is 5.66 Å². The molecule has 1 aliphatic rings. The average Bonchev–Trinajstić information content (AvgIpc) is 2.50. The Morgan fingerprint density at radius 3 is 1.71 bits per heavy atom. The van der Waals surface area contributed by atoms with E-state index >= 15 is 0 Å². The SMILES string of the molecule is CC(C)C(N)(N)C(=O)O.O=C1CCC(=O)N1O. The largest absolute Gasteiger partial charge is 0.479 e. The molecule has 0 aliphatic carbocycles. The van der Waals surface area contributed by atoms with Crippen LogP contribution in [0.2, 0.25) is 0 Å². The summed E-state index contributed by atoms with van der Waals surface area (Å²) < 4.78 is 0. The highest BCUT2D eigenvalue weighted by Gasteiger charge is 2.32. The lowest BCUT2D eigenvalue weighted by molar-refractivity contribution is -0.171. The lowest BCUT2D eigenvalue weighted by atomic mass is 9.99.